The summed E-state index contributed by atoms with van der Waals surface area (Å²) >= 11 is 0. The molecule has 8 nitrogen and oxygen atoms in total. The summed E-state index contributed by atoms with van der Waals surface area (Å²) in [5.41, 5.74) is 2.03. The number of ether oxygens (including phenoxy) is 2. The van der Waals surface area contributed by atoms with Crippen molar-refractivity contribution in [3.05, 3.63) is 36.7 Å². The van der Waals surface area contributed by atoms with Gasteiger partial charge in [0, 0.05) is 24.8 Å². The second kappa shape index (κ2) is 7.21. The van der Waals surface area contributed by atoms with Crippen molar-refractivity contribution in [1.29, 1.82) is 0 Å². The highest BCUT2D eigenvalue weighted by Crippen LogP contribution is 2.38. The molecule has 156 valence electrons. The number of hydrogen-bond acceptors (Lipinski definition) is 7. The summed E-state index contributed by atoms with van der Waals surface area (Å²) in [6.45, 7) is 6.10. The number of morpholine rings is 2. The lowest BCUT2D eigenvalue weighted by Crippen LogP contribution is -2.47. The summed E-state index contributed by atoms with van der Waals surface area (Å²) in [7, 11) is 0. The molecule has 3 aromatic heterocycles. The number of hydrogen-bond donors (Lipinski definition) is 0. The van der Waals surface area contributed by atoms with Gasteiger partial charge >= 0.3 is 0 Å². The highest BCUT2D eigenvalue weighted by Gasteiger charge is 2.39. The molecular formula is C22H26N6O2. The molecule has 3 aliphatic rings. The van der Waals surface area contributed by atoms with Crippen LogP contribution in [-0.2, 0) is 9.47 Å². The van der Waals surface area contributed by atoms with Crippen molar-refractivity contribution in [3.8, 4) is 5.82 Å². The quantitative estimate of drug-likeness (QED) is 0.662. The lowest BCUT2D eigenvalue weighted by atomic mass is 10.1. The fourth-order valence-corrected chi connectivity index (χ4v) is 5.08. The van der Waals surface area contributed by atoms with Gasteiger partial charge in [0.2, 0.25) is 0 Å². The Morgan fingerprint density at radius 1 is 1.03 bits per heavy atom. The minimum absolute atomic E-state index is 0.303. The largest absolute Gasteiger partial charge is 0.377 e. The molecule has 0 radical (unpaired) electrons. The Labute approximate surface area is 175 Å². The molecule has 2 unspecified atom stereocenters. The van der Waals surface area contributed by atoms with Crippen molar-refractivity contribution in [2.45, 2.75) is 37.9 Å². The molecule has 3 fully saturated rings. The van der Waals surface area contributed by atoms with Gasteiger partial charge in [-0.2, -0.15) is 9.78 Å². The van der Waals surface area contributed by atoms with Crippen LogP contribution in [0.3, 0.4) is 0 Å². The van der Waals surface area contributed by atoms with E-state index in [0.29, 0.717) is 18.1 Å². The van der Waals surface area contributed by atoms with Gasteiger partial charge in [0.1, 0.15) is 5.82 Å². The molecule has 0 aliphatic carbocycles. The first-order valence-corrected chi connectivity index (χ1v) is 10.8. The molecule has 6 heterocycles. The minimum atomic E-state index is 0.303. The lowest BCUT2D eigenvalue weighted by Gasteiger charge is -2.38. The van der Waals surface area contributed by atoms with E-state index < -0.39 is 0 Å². The van der Waals surface area contributed by atoms with E-state index in [2.05, 4.69) is 32.9 Å². The van der Waals surface area contributed by atoms with Crippen LogP contribution in [0.2, 0.25) is 0 Å². The van der Waals surface area contributed by atoms with Crippen LogP contribution in [0.1, 0.15) is 19.8 Å². The Balaban J connectivity index is 1.54. The summed E-state index contributed by atoms with van der Waals surface area (Å²) < 4.78 is 13.4. The zero-order chi connectivity index (χ0) is 20.1. The third-order valence-electron chi connectivity index (χ3n) is 6.55. The summed E-state index contributed by atoms with van der Waals surface area (Å²) in [5.74, 6) is 1.80. The third kappa shape index (κ3) is 2.86. The van der Waals surface area contributed by atoms with Gasteiger partial charge in [0.25, 0.3) is 0 Å². The fourth-order valence-electron chi connectivity index (χ4n) is 5.08. The SMILES string of the molecule is C[C@@H]1COCCN1c1cc(N2C3CCC2COC3)nc2c1cnn2-c1ccccn1. The van der Waals surface area contributed by atoms with E-state index in [1.54, 1.807) is 6.20 Å². The Morgan fingerprint density at radius 2 is 1.90 bits per heavy atom. The molecule has 0 aromatic carbocycles. The second-order valence-corrected chi connectivity index (χ2v) is 8.43. The molecule has 3 aromatic rings. The molecule has 30 heavy (non-hydrogen) atoms. The number of nitrogens with zero attached hydrogens (tertiary/aromatic N) is 6. The molecule has 3 saturated heterocycles. The van der Waals surface area contributed by atoms with Crippen LogP contribution in [0.25, 0.3) is 16.9 Å². The maximum Gasteiger partial charge on any atom is 0.169 e. The maximum absolute atomic E-state index is 5.81. The molecular weight excluding hydrogens is 380 g/mol. The topological polar surface area (TPSA) is 68.5 Å². The van der Waals surface area contributed by atoms with Crippen LogP contribution in [0.5, 0.6) is 0 Å². The van der Waals surface area contributed by atoms with Gasteiger partial charge in [-0.15, -0.1) is 0 Å². The Kier molecular flexibility index (Phi) is 4.35. The van der Waals surface area contributed by atoms with E-state index >= 15 is 0 Å². The molecule has 0 amide bonds. The van der Waals surface area contributed by atoms with Crippen molar-refractivity contribution in [2.24, 2.45) is 0 Å². The fraction of sp³-hybridized carbons (Fsp3) is 0.500. The van der Waals surface area contributed by atoms with Crippen molar-refractivity contribution >= 4 is 22.5 Å². The molecule has 6 rings (SSSR count). The highest BCUT2D eigenvalue weighted by atomic mass is 16.5. The van der Waals surface area contributed by atoms with Gasteiger partial charge in [-0.3, -0.25) is 0 Å². The smallest absolute Gasteiger partial charge is 0.169 e. The first kappa shape index (κ1) is 18.1. The van der Waals surface area contributed by atoms with Gasteiger partial charge in [-0.05, 0) is 31.9 Å². The molecule has 0 spiro atoms. The molecule has 2 bridgehead atoms. The standard InChI is InChI=1S/C22H26N6O2/c1-15-12-29-9-8-26(15)19-10-21(27-16-5-6-17(27)14-30-13-16)25-22-18(19)11-24-28(22)20-4-2-3-7-23-20/h2-4,7,10-11,15-17H,5-6,8-9,12-14H2,1H3/t15-,16?,17?/m1/s1. The number of aromatic nitrogens is 4. The first-order valence-electron chi connectivity index (χ1n) is 10.8. The van der Waals surface area contributed by atoms with E-state index in [1.807, 2.05) is 29.1 Å². The van der Waals surface area contributed by atoms with Gasteiger partial charge in [-0.25, -0.2) is 9.97 Å². The number of fused-ring (bicyclic) bond motifs is 3. The summed E-state index contributed by atoms with van der Waals surface area (Å²) in [4.78, 5) is 14.5. The monoisotopic (exact) mass is 406 g/mol. The Bertz CT molecular complexity index is 1040. The van der Waals surface area contributed by atoms with Gasteiger partial charge < -0.3 is 19.3 Å². The maximum atomic E-state index is 5.81. The zero-order valence-electron chi connectivity index (χ0n) is 17.1. The van der Waals surface area contributed by atoms with E-state index in [-0.39, 0.29) is 0 Å². The molecule has 3 atom stereocenters. The van der Waals surface area contributed by atoms with E-state index in [4.69, 9.17) is 14.5 Å². The van der Waals surface area contributed by atoms with Crippen LogP contribution < -0.4 is 9.80 Å². The highest BCUT2D eigenvalue weighted by molar-refractivity contribution is 5.92. The zero-order valence-corrected chi connectivity index (χ0v) is 17.1. The van der Waals surface area contributed by atoms with Crippen LogP contribution >= 0.6 is 0 Å². The van der Waals surface area contributed by atoms with E-state index in [9.17, 15) is 0 Å². The predicted molar refractivity (Wildman–Crippen MR) is 114 cm³/mol. The lowest BCUT2D eigenvalue weighted by molar-refractivity contribution is 0.0902. The summed E-state index contributed by atoms with van der Waals surface area (Å²) in [5, 5.41) is 5.73. The number of pyridine rings is 2. The van der Waals surface area contributed by atoms with Gasteiger partial charge in [0.05, 0.1) is 55.8 Å². The second-order valence-electron chi connectivity index (χ2n) is 8.43. The van der Waals surface area contributed by atoms with Crippen LogP contribution in [0.15, 0.2) is 36.7 Å². The third-order valence-corrected chi connectivity index (χ3v) is 6.55. The van der Waals surface area contributed by atoms with Crippen molar-refractivity contribution in [1.82, 2.24) is 19.7 Å². The average molecular weight is 406 g/mol. The average Bonchev–Trinajstić information content (AvgIpc) is 3.32. The van der Waals surface area contributed by atoms with Crippen LogP contribution in [-0.4, -0.2) is 70.8 Å². The normalized spacial score (nSPS) is 26.5. The first-order chi connectivity index (χ1) is 14.8. The Morgan fingerprint density at radius 3 is 2.67 bits per heavy atom. The number of anilines is 2. The summed E-state index contributed by atoms with van der Waals surface area (Å²) in [6, 6.07) is 9.22. The van der Waals surface area contributed by atoms with E-state index in [1.165, 1.54) is 5.69 Å². The van der Waals surface area contributed by atoms with E-state index in [0.717, 1.165) is 68.5 Å². The summed E-state index contributed by atoms with van der Waals surface area (Å²) in [6.07, 6.45) is 6.03. The molecule has 0 saturated carbocycles. The van der Waals surface area contributed by atoms with Crippen molar-refractivity contribution in [3.63, 3.8) is 0 Å². The van der Waals surface area contributed by atoms with Crippen molar-refractivity contribution < 1.29 is 9.47 Å². The molecule has 8 heteroatoms. The molecule has 3 aliphatic heterocycles. The van der Waals surface area contributed by atoms with Gasteiger partial charge in [0.15, 0.2) is 11.5 Å². The van der Waals surface area contributed by atoms with Crippen LogP contribution in [0, 0.1) is 0 Å². The van der Waals surface area contributed by atoms with Crippen molar-refractivity contribution in [2.75, 3.05) is 42.8 Å². The number of rotatable bonds is 3. The minimum Gasteiger partial charge on any atom is -0.377 e. The van der Waals surface area contributed by atoms with Crippen LogP contribution in [0.4, 0.5) is 11.5 Å². The van der Waals surface area contributed by atoms with Gasteiger partial charge in [-0.1, -0.05) is 6.07 Å². The Hall–Kier alpha value is -2.71. The molecule has 0 N–H and O–H groups in total. The predicted octanol–water partition coefficient (Wildman–Crippen LogP) is 2.41.